The number of hydrogen-bond donors (Lipinski definition) is 1. The summed E-state index contributed by atoms with van der Waals surface area (Å²) >= 11 is 1.18. The van der Waals surface area contributed by atoms with Crippen molar-refractivity contribution in [1.82, 2.24) is 10.3 Å². The van der Waals surface area contributed by atoms with Gasteiger partial charge in [0.1, 0.15) is 10.9 Å². The zero-order valence-corrected chi connectivity index (χ0v) is 15.9. The summed E-state index contributed by atoms with van der Waals surface area (Å²) in [6.07, 6.45) is 3.03. The Morgan fingerprint density at radius 1 is 0.931 bits per heavy atom. The fraction of sp³-hybridized carbons (Fsp3) is 0.136. The van der Waals surface area contributed by atoms with E-state index in [1.807, 2.05) is 47.8 Å². The molecule has 1 aliphatic heterocycles. The molecule has 0 bridgehead atoms. The molecule has 1 fully saturated rings. The smallest absolute Gasteiger partial charge is 0.289 e. The number of aromatic nitrogens is 1. The van der Waals surface area contributed by atoms with Crippen LogP contribution in [0.3, 0.4) is 0 Å². The first-order valence-corrected chi connectivity index (χ1v) is 9.95. The summed E-state index contributed by atoms with van der Waals surface area (Å²) in [7, 11) is 0. The Hall–Kier alpha value is -3.45. The SMILES string of the molecule is O=C1NC(=O)C(c2cnc(-c3ccc4c(c3)C(=O)c3ccccc3CC4)s2)C1=O. The number of thiazole rings is 1. The van der Waals surface area contributed by atoms with Gasteiger partial charge in [0.2, 0.25) is 11.7 Å². The van der Waals surface area contributed by atoms with Crippen molar-refractivity contribution >= 4 is 34.7 Å². The quantitative estimate of drug-likeness (QED) is 0.404. The van der Waals surface area contributed by atoms with Crippen LogP contribution in [0.25, 0.3) is 10.6 Å². The van der Waals surface area contributed by atoms with Crippen LogP contribution < -0.4 is 5.32 Å². The third kappa shape index (κ3) is 2.82. The second-order valence-electron chi connectivity index (χ2n) is 7.04. The molecule has 5 rings (SSSR count). The zero-order valence-electron chi connectivity index (χ0n) is 15.1. The third-order valence-electron chi connectivity index (χ3n) is 5.32. The van der Waals surface area contributed by atoms with Crippen LogP contribution in [0.2, 0.25) is 0 Å². The number of rotatable bonds is 2. The Kier molecular flexibility index (Phi) is 3.99. The number of nitrogens with one attached hydrogen (secondary N) is 1. The topological polar surface area (TPSA) is 93.2 Å². The average Bonchev–Trinajstić information content (AvgIpc) is 3.26. The largest absolute Gasteiger partial charge is 0.295 e. The van der Waals surface area contributed by atoms with Crippen molar-refractivity contribution in [3.8, 4) is 10.6 Å². The minimum atomic E-state index is -1.14. The Morgan fingerprint density at radius 3 is 2.45 bits per heavy atom. The van der Waals surface area contributed by atoms with E-state index in [-0.39, 0.29) is 5.78 Å². The Labute approximate surface area is 169 Å². The molecule has 2 aliphatic rings. The van der Waals surface area contributed by atoms with Crippen LogP contribution in [-0.4, -0.2) is 28.4 Å². The first kappa shape index (κ1) is 17.6. The van der Waals surface area contributed by atoms with Crippen molar-refractivity contribution in [1.29, 1.82) is 0 Å². The molecule has 29 heavy (non-hydrogen) atoms. The first-order chi connectivity index (χ1) is 14.0. The summed E-state index contributed by atoms with van der Waals surface area (Å²) in [5.41, 5.74) is 4.14. The van der Waals surface area contributed by atoms with Crippen molar-refractivity contribution in [3.05, 3.63) is 75.8 Å². The summed E-state index contributed by atoms with van der Waals surface area (Å²) in [6.45, 7) is 0. The van der Waals surface area contributed by atoms with Crippen LogP contribution in [0.5, 0.6) is 0 Å². The lowest BCUT2D eigenvalue weighted by Crippen LogP contribution is -2.21. The maximum atomic E-state index is 13.1. The number of hydrogen-bond acceptors (Lipinski definition) is 6. The monoisotopic (exact) mass is 402 g/mol. The summed E-state index contributed by atoms with van der Waals surface area (Å²) in [5.74, 6) is -3.42. The van der Waals surface area contributed by atoms with E-state index in [9.17, 15) is 19.2 Å². The molecule has 2 heterocycles. The molecule has 142 valence electrons. The molecule has 0 saturated carbocycles. The van der Waals surface area contributed by atoms with Crippen molar-refractivity contribution in [2.24, 2.45) is 0 Å². The van der Waals surface area contributed by atoms with Gasteiger partial charge in [-0.2, -0.15) is 0 Å². The molecule has 1 atom stereocenters. The second-order valence-corrected chi connectivity index (χ2v) is 8.10. The minimum Gasteiger partial charge on any atom is -0.289 e. The number of Topliss-reactive ketones (excluding diaryl/α,β-unsaturated/α-hetero) is 1. The summed E-state index contributed by atoms with van der Waals surface area (Å²) in [5, 5.41) is 2.62. The normalized spacial score (nSPS) is 18.3. The van der Waals surface area contributed by atoms with Gasteiger partial charge in [0.05, 0.1) is 0 Å². The number of ketones is 2. The Balaban J connectivity index is 1.53. The molecule has 1 saturated heterocycles. The van der Waals surface area contributed by atoms with Crippen LogP contribution in [0.4, 0.5) is 0 Å². The average molecular weight is 402 g/mol. The maximum Gasteiger partial charge on any atom is 0.295 e. The van der Waals surface area contributed by atoms with E-state index in [2.05, 4.69) is 4.98 Å². The van der Waals surface area contributed by atoms with Crippen molar-refractivity contribution in [2.75, 3.05) is 0 Å². The number of fused-ring (bicyclic) bond motifs is 2. The van der Waals surface area contributed by atoms with E-state index in [0.29, 0.717) is 15.4 Å². The fourth-order valence-electron chi connectivity index (χ4n) is 3.82. The second kappa shape index (κ2) is 6.56. The molecule has 1 N–H and O–H groups in total. The van der Waals surface area contributed by atoms with Gasteiger partial charge in [0, 0.05) is 27.8 Å². The molecule has 1 aliphatic carbocycles. The fourth-order valence-corrected chi connectivity index (χ4v) is 4.83. The van der Waals surface area contributed by atoms with Gasteiger partial charge in [0.25, 0.3) is 5.91 Å². The van der Waals surface area contributed by atoms with Gasteiger partial charge in [-0.1, -0.05) is 36.4 Å². The molecule has 2 aromatic carbocycles. The zero-order chi connectivity index (χ0) is 20.1. The molecule has 3 aromatic rings. The lowest BCUT2D eigenvalue weighted by molar-refractivity contribution is -0.135. The predicted octanol–water partition coefficient (Wildman–Crippen LogP) is 2.45. The van der Waals surface area contributed by atoms with E-state index in [4.69, 9.17) is 0 Å². The maximum absolute atomic E-state index is 13.1. The van der Waals surface area contributed by atoms with E-state index >= 15 is 0 Å². The molecule has 1 unspecified atom stereocenters. The highest BCUT2D eigenvalue weighted by Crippen LogP contribution is 2.34. The van der Waals surface area contributed by atoms with Crippen LogP contribution in [0, 0.1) is 0 Å². The highest BCUT2D eigenvalue weighted by Gasteiger charge is 2.42. The number of amides is 2. The molecule has 1 aromatic heterocycles. The van der Waals surface area contributed by atoms with E-state index in [0.717, 1.165) is 35.1 Å². The van der Waals surface area contributed by atoms with E-state index in [1.165, 1.54) is 17.5 Å². The van der Waals surface area contributed by atoms with Crippen LogP contribution in [0.15, 0.2) is 48.7 Å². The van der Waals surface area contributed by atoms with E-state index in [1.54, 1.807) is 0 Å². The number of aryl methyl sites for hydroxylation is 2. The van der Waals surface area contributed by atoms with Crippen molar-refractivity contribution in [2.45, 2.75) is 18.8 Å². The lowest BCUT2D eigenvalue weighted by Gasteiger charge is -2.07. The highest BCUT2D eigenvalue weighted by atomic mass is 32.1. The summed E-state index contributed by atoms with van der Waals surface area (Å²) < 4.78 is 0. The van der Waals surface area contributed by atoms with Crippen LogP contribution in [-0.2, 0) is 27.2 Å². The van der Waals surface area contributed by atoms with Crippen molar-refractivity contribution in [3.63, 3.8) is 0 Å². The van der Waals surface area contributed by atoms with Gasteiger partial charge < -0.3 is 0 Å². The van der Waals surface area contributed by atoms with Gasteiger partial charge in [0.15, 0.2) is 5.78 Å². The van der Waals surface area contributed by atoms with Crippen molar-refractivity contribution < 1.29 is 19.2 Å². The van der Waals surface area contributed by atoms with Gasteiger partial charge in [-0.05, 0) is 30.0 Å². The van der Waals surface area contributed by atoms with Crippen LogP contribution in [0.1, 0.15) is 37.8 Å². The van der Waals surface area contributed by atoms with E-state index < -0.39 is 23.5 Å². The summed E-state index contributed by atoms with van der Waals surface area (Å²) in [6, 6.07) is 13.3. The molecule has 7 heteroatoms. The Morgan fingerprint density at radius 2 is 1.69 bits per heavy atom. The molecular formula is C22H14N2O4S. The third-order valence-corrected chi connectivity index (χ3v) is 6.43. The lowest BCUT2D eigenvalue weighted by atomic mass is 9.97. The van der Waals surface area contributed by atoms with Gasteiger partial charge in [-0.25, -0.2) is 4.98 Å². The molecule has 0 spiro atoms. The number of carbonyl (C=O) groups excluding carboxylic acids is 4. The number of carbonyl (C=O) groups is 4. The van der Waals surface area contributed by atoms with Crippen LogP contribution >= 0.6 is 11.3 Å². The number of nitrogens with zero attached hydrogens (tertiary/aromatic N) is 1. The number of imide groups is 1. The first-order valence-electron chi connectivity index (χ1n) is 9.13. The highest BCUT2D eigenvalue weighted by molar-refractivity contribution is 7.15. The minimum absolute atomic E-state index is 0.0114. The predicted molar refractivity (Wildman–Crippen MR) is 106 cm³/mol. The molecule has 6 nitrogen and oxygen atoms in total. The molecular weight excluding hydrogens is 388 g/mol. The summed E-state index contributed by atoms with van der Waals surface area (Å²) in [4.78, 5) is 53.1. The van der Waals surface area contributed by atoms with Gasteiger partial charge in [-0.15, -0.1) is 11.3 Å². The Bertz CT molecular complexity index is 1230. The molecule has 0 radical (unpaired) electrons. The van der Waals surface area contributed by atoms with Gasteiger partial charge >= 0.3 is 0 Å². The standard InChI is InChI=1S/C22H14N2O4S/c25-18-14-4-2-1-3-11(14)5-6-12-7-8-13(9-15(12)18)22-23-10-16(29-22)17-19(26)21(28)24-20(17)27/h1-4,7-10,17H,5-6H2,(H,24,27,28). The number of benzene rings is 2. The molecule has 2 amide bonds. The van der Waals surface area contributed by atoms with Gasteiger partial charge in [-0.3, -0.25) is 24.5 Å².